The second-order valence-corrected chi connectivity index (χ2v) is 11.8. The van der Waals surface area contributed by atoms with Crippen LogP contribution >= 0.6 is 0 Å². The van der Waals surface area contributed by atoms with Gasteiger partial charge in [0.05, 0.1) is 16.3 Å². The van der Waals surface area contributed by atoms with Gasteiger partial charge in [-0.15, -0.1) is 0 Å². The number of nitrogens with zero attached hydrogens (tertiary/aromatic N) is 4. The third-order valence-electron chi connectivity index (χ3n) is 6.80. The molecule has 37 heavy (non-hydrogen) atoms. The first-order valence-electron chi connectivity index (χ1n) is 12.4. The molecule has 3 heterocycles. The number of ether oxygens (including phenoxy) is 1. The summed E-state index contributed by atoms with van der Waals surface area (Å²) in [6, 6.07) is 12.5. The van der Waals surface area contributed by atoms with E-state index in [0.29, 0.717) is 23.5 Å². The zero-order chi connectivity index (χ0) is 26.3. The van der Waals surface area contributed by atoms with E-state index in [0.717, 1.165) is 29.4 Å². The molecule has 2 atom stereocenters. The van der Waals surface area contributed by atoms with E-state index >= 15 is 0 Å². The van der Waals surface area contributed by atoms with Gasteiger partial charge in [-0.25, -0.2) is 22.2 Å². The van der Waals surface area contributed by atoms with Crippen LogP contribution in [-0.4, -0.2) is 45.4 Å². The van der Waals surface area contributed by atoms with Crippen molar-refractivity contribution in [2.45, 2.75) is 63.0 Å². The van der Waals surface area contributed by atoms with Gasteiger partial charge in [0.2, 0.25) is 0 Å². The van der Waals surface area contributed by atoms with Crippen LogP contribution in [0.1, 0.15) is 50.2 Å². The predicted molar refractivity (Wildman–Crippen MR) is 141 cm³/mol. The molecule has 0 aliphatic heterocycles. The fourth-order valence-electron chi connectivity index (χ4n) is 4.94. The van der Waals surface area contributed by atoms with Crippen LogP contribution in [0, 0.1) is 6.92 Å². The molecule has 0 spiro atoms. The zero-order valence-corrected chi connectivity index (χ0v) is 22.2. The molecule has 10 heteroatoms. The summed E-state index contributed by atoms with van der Waals surface area (Å²) in [4.78, 5) is 16.9. The molecule has 1 aromatic carbocycles. The minimum atomic E-state index is -3.93. The molecule has 9 nitrogen and oxygen atoms in total. The number of alkyl carbamates (subject to hydrolysis) is 1. The number of aromatic nitrogens is 4. The molecular weight excluding hydrogens is 490 g/mol. The SMILES string of the molecule is Cc1ccc(S(=O)(=O)n2c(-c3ccnn3C)cc3cc([C@H]4CC[C@@H](OC(=O)NC(C)C)C4)cnc32)cc1. The Bertz CT molecular complexity index is 1550. The summed E-state index contributed by atoms with van der Waals surface area (Å²) in [6.45, 7) is 5.70. The quantitative estimate of drug-likeness (QED) is 0.392. The minimum Gasteiger partial charge on any atom is -0.446 e. The molecule has 1 saturated carbocycles. The lowest BCUT2D eigenvalue weighted by molar-refractivity contribution is 0.0982. The Morgan fingerprint density at radius 2 is 1.86 bits per heavy atom. The number of benzene rings is 1. The number of amides is 1. The number of nitrogens with one attached hydrogen (secondary N) is 1. The molecule has 0 unspecified atom stereocenters. The number of carbonyl (C=O) groups is 1. The van der Waals surface area contributed by atoms with Gasteiger partial charge in [0.25, 0.3) is 10.0 Å². The molecular formula is C27H31N5O4S. The van der Waals surface area contributed by atoms with Gasteiger partial charge in [-0.3, -0.25) is 4.68 Å². The van der Waals surface area contributed by atoms with Crippen LogP contribution in [0.15, 0.2) is 59.8 Å². The molecule has 1 aliphatic rings. The maximum absolute atomic E-state index is 13.8. The number of hydrogen-bond donors (Lipinski definition) is 1. The van der Waals surface area contributed by atoms with Crippen LogP contribution < -0.4 is 5.32 Å². The molecule has 0 saturated heterocycles. The lowest BCUT2D eigenvalue weighted by atomic mass is 9.98. The average Bonchev–Trinajstić information content (AvgIpc) is 3.56. The highest BCUT2D eigenvalue weighted by Crippen LogP contribution is 2.38. The topological polar surface area (TPSA) is 108 Å². The van der Waals surface area contributed by atoms with E-state index in [4.69, 9.17) is 4.74 Å². The molecule has 1 amide bonds. The Labute approximate surface area is 216 Å². The molecule has 3 aromatic heterocycles. The molecule has 1 N–H and O–H groups in total. The van der Waals surface area contributed by atoms with Crippen molar-refractivity contribution in [2.75, 3.05) is 0 Å². The molecule has 194 valence electrons. The van der Waals surface area contributed by atoms with Crippen molar-refractivity contribution in [3.05, 3.63) is 66.0 Å². The van der Waals surface area contributed by atoms with Crippen molar-refractivity contribution in [1.29, 1.82) is 0 Å². The first-order chi connectivity index (χ1) is 17.6. The molecule has 5 rings (SSSR count). The van der Waals surface area contributed by atoms with Crippen molar-refractivity contribution in [1.82, 2.24) is 24.1 Å². The zero-order valence-electron chi connectivity index (χ0n) is 21.4. The van der Waals surface area contributed by atoms with Gasteiger partial charge in [-0.05, 0) is 81.8 Å². The highest BCUT2D eigenvalue weighted by Gasteiger charge is 2.31. The largest absolute Gasteiger partial charge is 0.446 e. The molecule has 1 fully saturated rings. The van der Waals surface area contributed by atoms with Crippen LogP contribution in [0.5, 0.6) is 0 Å². The van der Waals surface area contributed by atoms with E-state index in [1.165, 1.54) is 3.97 Å². The summed E-state index contributed by atoms with van der Waals surface area (Å²) < 4.78 is 36.2. The lowest BCUT2D eigenvalue weighted by Gasteiger charge is -2.15. The van der Waals surface area contributed by atoms with Gasteiger partial charge in [0, 0.05) is 30.9 Å². The second kappa shape index (κ2) is 9.66. The van der Waals surface area contributed by atoms with E-state index in [-0.39, 0.29) is 23.0 Å². The lowest BCUT2D eigenvalue weighted by Crippen LogP contribution is -2.33. The molecule has 1 aliphatic carbocycles. The minimum absolute atomic E-state index is 0.0187. The van der Waals surface area contributed by atoms with E-state index in [1.54, 1.807) is 54.5 Å². The second-order valence-electron chi connectivity index (χ2n) is 9.97. The Morgan fingerprint density at radius 1 is 1.11 bits per heavy atom. The van der Waals surface area contributed by atoms with E-state index < -0.39 is 16.1 Å². The molecule has 4 aromatic rings. The van der Waals surface area contributed by atoms with Gasteiger partial charge >= 0.3 is 6.09 Å². The number of pyridine rings is 1. The van der Waals surface area contributed by atoms with Crippen molar-refractivity contribution in [3.8, 4) is 11.4 Å². The van der Waals surface area contributed by atoms with Gasteiger partial charge in [0.1, 0.15) is 6.10 Å². The Kier molecular flexibility index (Phi) is 6.53. The van der Waals surface area contributed by atoms with Gasteiger partial charge in [0.15, 0.2) is 5.65 Å². The maximum atomic E-state index is 13.8. The van der Waals surface area contributed by atoms with E-state index in [1.807, 2.05) is 32.9 Å². The highest BCUT2D eigenvalue weighted by molar-refractivity contribution is 7.90. The predicted octanol–water partition coefficient (Wildman–Crippen LogP) is 4.75. The monoisotopic (exact) mass is 521 g/mol. The molecule has 0 bridgehead atoms. The van der Waals surface area contributed by atoms with Crippen LogP contribution in [-0.2, 0) is 21.8 Å². The Morgan fingerprint density at radius 3 is 2.54 bits per heavy atom. The molecule has 0 radical (unpaired) electrons. The Hall–Kier alpha value is -3.66. The summed E-state index contributed by atoms with van der Waals surface area (Å²) >= 11 is 0. The smallest absolute Gasteiger partial charge is 0.407 e. The van der Waals surface area contributed by atoms with Gasteiger partial charge < -0.3 is 10.1 Å². The summed E-state index contributed by atoms with van der Waals surface area (Å²) in [5, 5.41) is 7.74. The summed E-state index contributed by atoms with van der Waals surface area (Å²) in [5.74, 6) is 0.172. The highest BCUT2D eigenvalue weighted by atomic mass is 32.2. The van der Waals surface area contributed by atoms with Crippen molar-refractivity contribution in [2.24, 2.45) is 7.05 Å². The van der Waals surface area contributed by atoms with E-state index in [2.05, 4.69) is 15.4 Å². The standard InChI is InChI=1S/C27H31N5O4S/c1-17(2)30-27(33)36-22-8-7-19(14-22)21-13-20-15-25(24-11-12-29-31(24)4)32(26(20)28-16-21)37(34,35)23-9-5-18(3)6-10-23/h5-6,9-13,15-17,19,22H,7-8,14H2,1-4H3,(H,30,33)/t19-,22+/m0/s1. The van der Waals surface area contributed by atoms with E-state index in [9.17, 15) is 13.2 Å². The number of hydrogen-bond acceptors (Lipinski definition) is 6. The number of fused-ring (bicyclic) bond motifs is 1. The number of carbonyl (C=O) groups excluding carboxylic acids is 1. The Balaban J connectivity index is 1.53. The number of aryl methyl sites for hydroxylation is 2. The summed E-state index contributed by atoms with van der Waals surface area (Å²) in [6.07, 6.45) is 5.18. The van der Waals surface area contributed by atoms with Gasteiger partial charge in [-0.1, -0.05) is 17.7 Å². The van der Waals surface area contributed by atoms with Crippen LogP contribution in [0.4, 0.5) is 4.79 Å². The number of rotatable bonds is 6. The average molecular weight is 522 g/mol. The first kappa shape index (κ1) is 25.0. The van der Waals surface area contributed by atoms with Crippen molar-refractivity contribution < 1.29 is 17.9 Å². The fourth-order valence-corrected chi connectivity index (χ4v) is 6.42. The summed E-state index contributed by atoms with van der Waals surface area (Å²) in [5.41, 5.74) is 3.51. The van der Waals surface area contributed by atoms with Crippen molar-refractivity contribution >= 4 is 27.1 Å². The van der Waals surface area contributed by atoms with Crippen LogP contribution in [0.2, 0.25) is 0 Å². The van der Waals surface area contributed by atoms with Crippen LogP contribution in [0.25, 0.3) is 22.4 Å². The maximum Gasteiger partial charge on any atom is 0.407 e. The third-order valence-corrected chi connectivity index (χ3v) is 8.52. The van der Waals surface area contributed by atoms with Crippen LogP contribution in [0.3, 0.4) is 0 Å². The normalized spacial score (nSPS) is 18.0. The van der Waals surface area contributed by atoms with Crippen molar-refractivity contribution in [3.63, 3.8) is 0 Å². The fraction of sp³-hybridized carbons (Fsp3) is 0.370. The van der Waals surface area contributed by atoms with Gasteiger partial charge in [-0.2, -0.15) is 5.10 Å². The third kappa shape index (κ3) is 4.85. The summed E-state index contributed by atoms with van der Waals surface area (Å²) in [7, 11) is -2.15. The first-order valence-corrected chi connectivity index (χ1v) is 13.9.